The Morgan fingerprint density at radius 2 is 1.94 bits per heavy atom. The summed E-state index contributed by atoms with van der Waals surface area (Å²) in [5.41, 5.74) is -0.278. The zero-order valence-corrected chi connectivity index (χ0v) is 19.6. The van der Waals surface area contributed by atoms with Gasteiger partial charge in [-0.2, -0.15) is 0 Å². The number of aromatic nitrogens is 2. The van der Waals surface area contributed by atoms with Crippen LogP contribution in [0, 0.1) is 18.2 Å². The predicted molar refractivity (Wildman–Crippen MR) is 125 cm³/mol. The van der Waals surface area contributed by atoms with Crippen LogP contribution < -0.4 is 10.2 Å². The Kier molecular flexibility index (Phi) is 6.95. The third-order valence-electron chi connectivity index (χ3n) is 7.16. The molecule has 2 saturated heterocycles. The molecule has 0 aliphatic carbocycles. The summed E-state index contributed by atoms with van der Waals surface area (Å²) in [5.74, 6) is 0.422. The molecule has 4 rings (SSSR count). The first-order valence-electron chi connectivity index (χ1n) is 11.7. The first-order valence-corrected chi connectivity index (χ1v) is 11.7. The molecule has 2 aliphatic heterocycles. The van der Waals surface area contributed by atoms with Crippen molar-refractivity contribution in [3.8, 4) is 0 Å². The van der Waals surface area contributed by atoms with E-state index in [0.29, 0.717) is 37.8 Å². The number of benzene rings is 1. The minimum Gasteiger partial charge on any atom is -0.386 e. The summed E-state index contributed by atoms with van der Waals surface area (Å²) in [7, 11) is 2.04. The third kappa shape index (κ3) is 5.50. The summed E-state index contributed by atoms with van der Waals surface area (Å²) < 4.78 is 14.4. The second kappa shape index (κ2) is 9.73. The average Bonchev–Trinajstić information content (AvgIpc) is 2.81. The van der Waals surface area contributed by atoms with Crippen molar-refractivity contribution in [3.05, 3.63) is 53.7 Å². The number of anilines is 1. The maximum Gasteiger partial charge on any atom is 0.226 e. The van der Waals surface area contributed by atoms with Gasteiger partial charge in [-0.3, -0.25) is 4.79 Å². The summed E-state index contributed by atoms with van der Waals surface area (Å²) in [4.78, 5) is 26.3. The number of nitrogens with zero attached hydrogens (tertiary/aromatic N) is 4. The second-order valence-corrected chi connectivity index (χ2v) is 9.80. The highest BCUT2D eigenvalue weighted by Crippen LogP contribution is 2.36. The molecule has 0 bridgehead atoms. The second-order valence-electron chi connectivity index (χ2n) is 9.80. The van der Waals surface area contributed by atoms with Crippen molar-refractivity contribution in [3.63, 3.8) is 0 Å². The molecule has 0 radical (unpaired) electrons. The fraction of sp³-hybridized carbons (Fsp3) is 0.560. The number of likely N-dealkylation sites (tertiary alicyclic amines) is 1. The summed E-state index contributed by atoms with van der Waals surface area (Å²) in [6, 6.07) is 8.60. The van der Waals surface area contributed by atoms with Gasteiger partial charge in [0.05, 0.1) is 11.0 Å². The lowest BCUT2D eigenvalue weighted by atomic mass is 9.72. The van der Waals surface area contributed by atoms with Crippen LogP contribution in [-0.4, -0.2) is 71.3 Å². The van der Waals surface area contributed by atoms with Crippen LogP contribution in [0.25, 0.3) is 0 Å². The summed E-state index contributed by atoms with van der Waals surface area (Å²) in [5, 5.41) is 14.4. The van der Waals surface area contributed by atoms with Gasteiger partial charge in [0.15, 0.2) is 0 Å². The topological polar surface area (TPSA) is 81.6 Å². The molecule has 0 spiro atoms. The first kappa shape index (κ1) is 23.6. The van der Waals surface area contributed by atoms with Crippen molar-refractivity contribution in [2.75, 3.05) is 44.7 Å². The van der Waals surface area contributed by atoms with Crippen molar-refractivity contribution < 1.29 is 14.3 Å². The van der Waals surface area contributed by atoms with Crippen molar-refractivity contribution in [2.24, 2.45) is 5.41 Å². The van der Waals surface area contributed by atoms with Crippen molar-refractivity contribution in [1.82, 2.24) is 20.2 Å². The maximum absolute atomic E-state index is 14.4. The third-order valence-corrected chi connectivity index (χ3v) is 7.16. The molecule has 2 aliphatic rings. The smallest absolute Gasteiger partial charge is 0.226 e. The molecule has 2 aromatic rings. The molecule has 7 nitrogen and oxygen atoms in total. The lowest BCUT2D eigenvalue weighted by molar-refractivity contribution is -0.135. The van der Waals surface area contributed by atoms with Crippen molar-refractivity contribution in [2.45, 2.75) is 44.6 Å². The van der Waals surface area contributed by atoms with Crippen molar-refractivity contribution >= 4 is 11.7 Å². The fourth-order valence-corrected chi connectivity index (χ4v) is 5.03. The van der Waals surface area contributed by atoms with E-state index in [-0.39, 0.29) is 18.3 Å². The van der Waals surface area contributed by atoms with Gasteiger partial charge in [-0.05, 0) is 70.8 Å². The van der Waals surface area contributed by atoms with Crippen LogP contribution in [0.3, 0.4) is 0 Å². The number of aliphatic hydroxyl groups is 1. The average molecular weight is 456 g/mol. The van der Waals surface area contributed by atoms with E-state index in [1.54, 1.807) is 12.1 Å². The van der Waals surface area contributed by atoms with Gasteiger partial charge in [0.25, 0.3) is 0 Å². The van der Waals surface area contributed by atoms with Crippen LogP contribution in [0.15, 0.2) is 36.7 Å². The molecule has 0 saturated carbocycles. The van der Waals surface area contributed by atoms with Crippen LogP contribution in [0.5, 0.6) is 0 Å². The van der Waals surface area contributed by atoms with Crippen molar-refractivity contribution in [1.29, 1.82) is 0 Å². The Balaban J connectivity index is 1.46. The highest BCUT2D eigenvalue weighted by atomic mass is 19.1. The molecule has 1 aromatic heterocycles. The quantitative estimate of drug-likeness (QED) is 0.696. The molecular weight excluding hydrogens is 421 g/mol. The lowest BCUT2D eigenvalue weighted by Crippen LogP contribution is -2.57. The normalized spacial score (nSPS) is 23.3. The molecule has 3 heterocycles. The Labute approximate surface area is 195 Å². The van der Waals surface area contributed by atoms with E-state index in [0.717, 1.165) is 37.6 Å². The molecule has 1 atom stereocenters. The predicted octanol–water partition coefficient (Wildman–Crippen LogP) is 2.33. The Bertz CT molecular complexity index is 979. The number of halogens is 1. The van der Waals surface area contributed by atoms with Gasteiger partial charge in [0.2, 0.25) is 5.91 Å². The van der Waals surface area contributed by atoms with E-state index < -0.39 is 11.0 Å². The molecule has 1 unspecified atom stereocenters. The number of piperidine rings is 2. The van der Waals surface area contributed by atoms with Crippen LogP contribution in [0.2, 0.25) is 0 Å². The SMILES string of the molecule is Cc1cc(N2CCCC(O)(CNC(=O)C3(Cc4ccccc4F)CCN(C)CC3)C2)ncn1. The number of carbonyl (C=O) groups is 1. The number of aryl methyl sites for hydroxylation is 1. The minimum atomic E-state index is -1.04. The zero-order valence-electron chi connectivity index (χ0n) is 19.6. The number of β-amino-alcohol motifs (C(OH)–C–C–N with tert-alkyl or cyclic N) is 1. The molecule has 1 amide bonds. The van der Waals surface area contributed by atoms with Crippen LogP contribution in [-0.2, 0) is 11.2 Å². The van der Waals surface area contributed by atoms with E-state index in [2.05, 4.69) is 25.1 Å². The summed E-state index contributed by atoms with van der Waals surface area (Å²) in [6.45, 7) is 4.85. The van der Waals surface area contributed by atoms with Crippen LogP contribution >= 0.6 is 0 Å². The fourth-order valence-electron chi connectivity index (χ4n) is 5.03. The molecule has 178 valence electrons. The Morgan fingerprint density at radius 3 is 2.67 bits per heavy atom. The monoisotopic (exact) mass is 455 g/mol. The number of carbonyl (C=O) groups excluding carboxylic acids is 1. The molecule has 2 N–H and O–H groups in total. The van der Waals surface area contributed by atoms with E-state index in [1.165, 1.54) is 12.4 Å². The first-order chi connectivity index (χ1) is 15.8. The number of hydrogen-bond donors (Lipinski definition) is 2. The number of rotatable bonds is 6. The Hall–Kier alpha value is -2.58. The number of nitrogens with one attached hydrogen (secondary N) is 1. The van der Waals surface area contributed by atoms with E-state index >= 15 is 0 Å². The van der Waals surface area contributed by atoms with E-state index in [4.69, 9.17) is 0 Å². The zero-order chi connectivity index (χ0) is 23.5. The molecule has 2 fully saturated rings. The van der Waals surface area contributed by atoms with Crippen LogP contribution in [0.4, 0.5) is 10.2 Å². The van der Waals surface area contributed by atoms with Gasteiger partial charge in [-0.1, -0.05) is 18.2 Å². The van der Waals surface area contributed by atoms with E-state index in [1.807, 2.05) is 26.1 Å². The molecule has 1 aromatic carbocycles. The van der Waals surface area contributed by atoms with Gasteiger partial charge < -0.3 is 20.2 Å². The van der Waals surface area contributed by atoms with Gasteiger partial charge in [0, 0.05) is 31.4 Å². The molecule has 8 heteroatoms. The van der Waals surface area contributed by atoms with Gasteiger partial charge in [0.1, 0.15) is 18.0 Å². The summed E-state index contributed by atoms with van der Waals surface area (Å²) in [6.07, 6.45) is 4.64. The van der Waals surface area contributed by atoms with Gasteiger partial charge >= 0.3 is 0 Å². The highest BCUT2D eigenvalue weighted by molar-refractivity contribution is 5.83. The van der Waals surface area contributed by atoms with E-state index in [9.17, 15) is 14.3 Å². The largest absolute Gasteiger partial charge is 0.386 e. The summed E-state index contributed by atoms with van der Waals surface area (Å²) >= 11 is 0. The molecular formula is C25H34FN5O2. The maximum atomic E-state index is 14.4. The van der Waals surface area contributed by atoms with Gasteiger partial charge in [-0.25, -0.2) is 14.4 Å². The Morgan fingerprint density at radius 1 is 1.18 bits per heavy atom. The van der Waals surface area contributed by atoms with Gasteiger partial charge in [-0.15, -0.1) is 0 Å². The standard InChI is InChI=1S/C25H34FN5O2/c1-19-14-22(29-18-28-19)31-11-5-8-25(33,17-31)16-27-23(32)24(9-12-30(2)13-10-24)15-20-6-3-4-7-21(20)26/h3-4,6-7,14,18,33H,5,8-13,15-17H2,1-2H3,(H,27,32). The number of hydrogen-bond acceptors (Lipinski definition) is 6. The van der Waals surface area contributed by atoms with Crippen LogP contribution in [0.1, 0.15) is 36.9 Å². The number of amides is 1. The molecule has 33 heavy (non-hydrogen) atoms. The lowest BCUT2D eigenvalue weighted by Gasteiger charge is -2.42. The minimum absolute atomic E-state index is 0.0951. The highest BCUT2D eigenvalue weighted by Gasteiger charge is 2.43.